The number of nitrogens with zero attached hydrogens (tertiary/aromatic N) is 1. The van der Waals surface area contributed by atoms with Gasteiger partial charge in [-0.2, -0.15) is 0 Å². The number of fused-ring (bicyclic) bond motifs is 1. The van der Waals surface area contributed by atoms with Crippen LogP contribution in [-0.2, 0) is 9.59 Å². The quantitative estimate of drug-likeness (QED) is 0.912. The van der Waals surface area contributed by atoms with E-state index in [0.29, 0.717) is 5.56 Å². The van der Waals surface area contributed by atoms with Crippen molar-refractivity contribution in [2.45, 2.75) is 6.04 Å². The molecular weight excluding hydrogens is 306 g/mol. The first-order valence-corrected chi connectivity index (χ1v) is 6.81. The van der Waals surface area contributed by atoms with Crippen LogP contribution in [0.1, 0.15) is 11.6 Å². The third-order valence-electron chi connectivity index (χ3n) is 3.57. The summed E-state index contributed by atoms with van der Waals surface area (Å²) in [7, 11) is 0. The fourth-order valence-electron chi connectivity index (χ4n) is 2.54. The first-order valence-electron chi connectivity index (χ1n) is 6.81. The minimum absolute atomic E-state index is 0.00322. The fourth-order valence-corrected chi connectivity index (χ4v) is 2.54. The second-order valence-electron chi connectivity index (χ2n) is 5.09. The molecule has 1 atom stereocenters. The summed E-state index contributed by atoms with van der Waals surface area (Å²) < 4.78 is 27.0. The van der Waals surface area contributed by atoms with Gasteiger partial charge in [0.05, 0.1) is 11.4 Å². The van der Waals surface area contributed by atoms with Gasteiger partial charge < -0.3 is 10.4 Å². The predicted molar refractivity (Wildman–Crippen MR) is 79.2 cm³/mol. The van der Waals surface area contributed by atoms with Crippen molar-refractivity contribution in [3.63, 3.8) is 0 Å². The summed E-state index contributed by atoms with van der Waals surface area (Å²) >= 11 is 0. The third kappa shape index (κ3) is 2.73. The Bertz CT molecular complexity index is 780. The van der Waals surface area contributed by atoms with Gasteiger partial charge in [0.1, 0.15) is 12.6 Å². The van der Waals surface area contributed by atoms with Crippen molar-refractivity contribution >= 4 is 23.3 Å². The maximum absolute atomic E-state index is 13.5. The molecule has 0 bridgehead atoms. The molecule has 3 rings (SSSR count). The Morgan fingerprint density at radius 2 is 1.83 bits per heavy atom. The molecule has 0 aromatic heterocycles. The van der Waals surface area contributed by atoms with Crippen LogP contribution in [0.25, 0.3) is 0 Å². The van der Waals surface area contributed by atoms with Gasteiger partial charge in [-0.3, -0.25) is 14.5 Å². The zero-order valence-electron chi connectivity index (χ0n) is 11.8. The second-order valence-corrected chi connectivity index (χ2v) is 5.09. The van der Waals surface area contributed by atoms with Crippen molar-refractivity contribution in [1.82, 2.24) is 0 Å². The Morgan fingerprint density at radius 3 is 2.48 bits per heavy atom. The smallest absolute Gasteiger partial charge is 0.323 e. The lowest BCUT2D eigenvalue weighted by atomic mass is 10.0. The number of aliphatic carboxylic acids is 1. The number of carbonyl (C=O) groups is 2. The maximum atomic E-state index is 13.5. The van der Waals surface area contributed by atoms with Crippen LogP contribution in [0.4, 0.5) is 20.2 Å². The van der Waals surface area contributed by atoms with Crippen LogP contribution in [0.3, 0.4) is 0 Å². The summed E-state index contributed by atoms with van der Waals surface area (Å²) in [6.45, 7) is -0.637. The number of rotatable bonds is 3. The van der Waals surface area contributed by atoms with Crippen LogP contribution in [0, 0.1) is 11.6 Å². The molecule has 5 nitrogen and oxygen atoms in total. The Balaban J connectivity index is 2.10. The van der Waals surface area contributed by atoms with Crippen molar-refractivity contribution < 1.29 is 23.5 Å². The van der Waals surface area contributed by atoms with Gasteiger partial charge in [0.2, 0.25) is 0 Å². The van der Waals surface area contributed by atoms with Crippen molar-refractivity contribution in [2.24, 2.45) is 0 Å². The van der Waals surface area contributed by atoms with E-state index >= 15 is 0 Å². The molecule has 0 saturated heterocycles. The van der Waals surface area contributed by atoms with Gasteiger partial charge in [-0.15, -0.1) is 0 Å². The van der Waals surface area contributed by atoms with Crippen molar-refractivity contribution in [2.75, 3.05) is 16.8 Å². The van der Waals surface area contributed by atoms with E-state index in [4.69, 9.17) is 5.11 Å². The number of benzene rings is 2. The van der Waals surface area contributed by atoms with E-state index < -0.39 is 36.1 Å². The monoisotopic (exact) mass is 318 g/mol. The molecule has 0 aliphatic carbocycles. The molecule has 1 aliphatic heterocycles. The first kappa shape index (κ1) is 15.0. The average Bonchev–Trinajstić information content (AvgIpc) is 2.52. The summed E-state index contributed by atoms with van der Waals surface area (Å²) in [5, 5.41) is 11.9. The highest BCUT2D eigenvalue weighted by Crippen LogP contribution is 2.37. The minimum atomic E-state index is -1.25. The Hall–Kier alpha value is -2.96. The standard InChI is InChI=1S/C16H12F2N2O3/c17-10-6-12-13(7-11(10)18)20(8-14(21)22)16(23)15(19-12)9-4-2-1-3-5-9/h1-7,15,19H,8H2,(H,21,22). The number of hydrogen-bond acceptors (Lipinski definition) is 3. The van der Waals surface area contributed by atoms with Crippen molar-refractivity contribution in [3.05, 3.63) is 59.7 Å². The number of anilines is 2. The zero-order valence-corrected chi connectivity index (χ0v) is 11.8. The van der Waals surface area contributed by atoms with Gasteiger partial charge in [-0.25, -0.2) is 8.78 Å². The molecule has 1 amide bonds. The summed E-state index contributed by atoms with van der Waals surface area (Å²) in [6.07, 6.45) is 0. The minimum Gasteiger partial charge on any atom is -0.480 e. The van der Waals surface area contributed by atoms with Crippen molar-refractivity contribution in [3.8, 4) is 0 Å². The molecule has 2 aromatic rings. The molecule has 0 saturated carbocycles. The number of halogens is 2. The second kappa shape index (κ2) is 5.68. The van der Waals surface area contributed by atoms with Crippen LogP contribution in [0.2, 0.25) is 0 Å². The molecule has 1 unspecified atom stereocenters. The largest absolute Gasteiger partial charge is 0.480 e. The van der Waals surface area contributed by atoms with Gasteiger partial charge in [0.25, 0.3) is 5.91 Å². The lowest BCUT2D eigenvalue weighted by molar-refractivity contribution is -0.136. The highest BCUT2D eigenvalue weighted by Gasteiger charge is 2.35. The zero-order chi connectivity index (χ0) is 16.6. The van der Waals surface area contributed by atoms with E-state index in [9.17, 15) is 18.4 Å². The molecule has 1 heterocycles. The molecule has 2 aromatic carbocycles. The van der Waals surface area contributed by atoms with E-state index in [1.807, 2.05) is 0 Å². The summed E-state index contributed by atoms with van der Waals surface area (Å²) in [5.41, 5.74) is 0.769. The van der Waals surface area contributed by atoms with E-state index in [2.05, 4.69) is 5.32 Å². The highest BCUT2D eigenvalue weighted by molar-refractivity contribution is 6.07. The number of hydrogen-bond donors (Lipinski definition) is 2. The number of carboxylic acids is 1. The molecule has 2 N–H and O–H groups in total. The molecule has 0 fully saturated rings. The third-order valence-corrected chi connectivity index (χ3v) is 3.57. The molecule has 23 heavy (non-hydrogen) atoms. The molecule has 0 radical (unpaired) electrons. The molecule has 7 heteroatoms. The van der Waals surface area contributed by atoms with E-state index in [1.54, 1.807) is 30.3 Å². The van der Waals surface area contributed by atoms with E-state index in [-0.39, 0.29) is 11.4 Å². The normalized spacial score (nSPS) is 16.7. The van der Waals surface area contributed by atoms with E-state index in [0.717, 1.165) is 17.0 Å². The molecular formula is C16H12F2N2O3. The predicted octanol–water partition coefficient (Wildman–Crippen LogP) is 2.55. The van der Waals surface area contributed by atoms with Gasteiger partial charge in [0.15, 0.2) is 11.6 Å². The first-order chi connectivity index (χ1) is 11.0. The summed E-state index contributed by atoms with van der Waals surface area (Å²) in [5.74, 6) is -4.01. The van der Waals surface area contributed by atoms with Crippen molar-refractivity contribution in [1.29, 1.82) is 0 Å². The number of carbonyl (C=O) groups excluding carboxylic acids is 1. The van der Waals surface area contributed by atoms with Gasteiger partial charge in [-0.1, -0.05) is 30.3 Å². The fraction of sp³-hybridized carbons (Fsp3) is 0.125. The molecule has 0 spiro atoms. The van der Waals surface area contributed by atoms with Gasteiger partial charge >= 0.3 is 5.97 Å². The number of carboxylic acid groups (broad SMARTS) is 1. The van der Waals surface area contributed by atoms with Gasteiger partial charge in [0, 0.05) is 12.1 Å². The van der Waals surface area contributed by atoms with Crippen LogP contribution in [-0.4, -0.2) is 23.5 Å². The van der Waals surface area contributed by atoms with Crippen LogP contribution >= 0.6 is 0 Å². The lowest BCUT2D eigenvalue weighted by Crippen LogP contribution is -2.45. The maximum Gasteiger partial charge on any atom is 0.323 e. The highest BCUT2D eigenvalue weighted by atomic mass is 19.2. The molecule has 118 valence electrons. The number of amides is 1. The summed E-state index contributed by atoms with van der Waals surface area (Å²) in [6, 6.07) is 9.49. The summed E-state index contributed by atoms with van der Waals surface area (Å²) in [4.78, 5) is 24.6. The lowest BCUT2D eigenvalue weighted by Gasteiger charge is -2.34. The van der Waals surface area contributed by atoms with Gasteiger partial charge in [-0.05, 0) is 5.56 Å². The Labute approximate surface area is 130 Å². The topological polar surface area (TPSA) is 69.6 Å². The van der Waals surface area contributed by atoms with Crippen LogP contribution in [0.5, 0.6) is 0 Å². The number of nitrogens with one attached hydrogen (secondary N) is 1. The van der Waals surface area contributed by atoms with Crippen LogP contribution in [0.15, 0.2) is 42.5 Å². The van der Waals surface area contributed by atoms with E-state index in [1.165, 1.54) is 0 Å². The molecule has 1 aliphatic rings. The van der Waals surface area contributed by atoms with Crippen LogP contribution < -0.4 is 10.2 Å². The Morgan fingerprint density at radius 1 is 1.17 bits per heavy atom. The Kier molecular flexibility index (Phi) is 3.69. The average molecular weight is 318 g/mol. The SMILES string of the molecule is O=C(O)CN1C(=O)C(c2ccccc2)Nc2cc(F)c(F)cc21.